The second kappa shape index (κ2) is 10.4. The number of ether oxygens (including phenoxy) is 2. The molecular formula is C16H25N3O4. The first-order chi connectivity index (χ1) is 11.1. The van der Waals surface area contributed by atoms with E-state index < -0.39 is 12.1 Å². The Hall–Kier alpha value is -2.28. The van der Waals surface area contributed by atoms with Gasteiger partial charge in [0, 0.05) is 13.1 Å². The van der Waals surface area contributed by atoms with Crippen molar-refractivity contribution in [3.8, 4) is 5.75 Å². The Morgan fingerprint density at radius 2 is 1.91 bits per heavy atom. The van der Waals surface area contributed by atoms with E-state index >= 15 is 0 Å². The maximum atomic E-state index is 12.0. The zero-order valence-corrected chi connectivity index (χ0v) is 13.7. The highest BCUT2D eigenvalue weighted by atomic mass is 16.6. The lowest BCUT2D eigenvalue weighted by molar-refractivity contribution is 0.113. The second-order valence-corrected chi connectivity index (χ2v) is 4.80. The molecule has 0 saturated carbocycles. The number of nitrogens with one attached hydrogen (secondary N) is 1. The topological polar surface area (TPSA) is 93.9 Å². The van der Waals surface area contributed by atoms with Crippen LogP contribution in [0.2, 0.25) is 0 Å². The quantitative estimate of drug-likeness (QED) is 0.715. The van der Waals surface area contributed by atoms with Crippen LogP contribution >= 0.6 is 0 Å². The predicted molar refractivity (Wildman–Crippen MR) is 87.2 cm³/mol. The van der Waals surface area contributed by atoms with Crippen LogP contribution in [0, 0.1) is 0 Å². The van der Waals surface area contributed by atoms with E-state index in [1.54, 1.807) is 6.92 Å². The number of nitrogens with zero attached hydrogens (tertiary/aromatic N) is 1. The largest absolute Gasteiger partial charge is 0.473 e. The van der Waals surface area contributed by atoms with Gasteiger partial charge in [-0.1, -0.05) is 25.5 Å². The smallest absolute Gasteiger partial charge is 0.418 e. The molecule has 1 rings (SSSR count). The van der Waals surface area contributed by atoms with E-state index in [-0.39, 0.29) is 26.4 Å². The van der Waals surface area contributed by atoms with Crippen LogP contribution in [0.15, 0.2) is 24.3 Å². The number of imide groups is 1. The molecule has 0 aliphatic carbocycles. The minimum Gasteiger partial charge on any atom is -0.473 e. The van der Waals surface area contributed by atoms with Gasteiger partial charge in [-0.25, -0.2) is 14.5 Å². The third-order valence-electron chi connectivity index (χ3n) is 3.01. The molecule has 0 aliphatic rings. The molecule has 0 aliphatic heterocycles. The van der Waals surface area contributed by atoms with E-state index in [1.165, 1.54) is 5.56 Å². The van der Waals surface area contributed by atoms with Crippen molar-refractivity contribution < 1.29 is 19.1 Å². The molecule has 3 N–H and O–H groups in total. The molecule has 0 saturated heterocycles. The van der Waals surface area contributed by atoms with Crippen LogP contribution < -0.4 is 15.8 Å². The molecule has 7 nitrogen and oxygen atoms in total. The number of hydrogen-bond donors (Lipinski definition) is 2. The molecule has 0 fully saturated rings. The van der Waals surface area contributed by atoms with Gasteiger partial charge in [0.25, 0.3) is 0 Å². The Morgan fingerprint density at radius 1 is 1.22 bits per heavy atom. The average molecular weight is 323 g/mol. The van der Waals surface area contributed by atoms with Crippen molar-refractivity contribution >= 4 is 12.1 Å². The highest BCUT2D eigenvalue weighted by molar-refractivity contribution is 5.90. The molecule has 128 valence electrons. The molecule has 0 unspecified atom stereocenters. The zero-order valence-electron chi connectivity index (χ0n) is 13.7. The van der Waals surface area contributed by atoms with Crippen LogP contribution in [-0.4, -0.2) is 43.5 Å². The van der Waals surface area contributed by atoms with Crippen LogP contribution in [0.5, 0.6) is 5.75 Å². The number of carbonyl (C=O) groups excluding carboxylic acids is 2. The summed E-state index contributed by atoms with van der Waals surface area (Å²) >= 11 is 0. The van der Waals surface area contributed by atoms with Gasteiger partial charge in [0.1, 0.15) is 5.75 Å². The number of amides is 3. The first kappa shape index (κ1) is 18.8. The van der Waals surface area contributed by atoms with E-state index in [0.29, 0.717) is 5.75 Å². The normalized spacial score (nSPS) is 10.0. The van der Waals surface area contributed by atoms with Crippen molar-refractivity contribution in [3.63, 3.8) is 0 Å². The van der Waals surface area contributed by atoms with Crippen LogP contribution in [-0.2, 0) is 11.2 Å². The average Bonchev–Trinajstić information content (AvgIpc) is 2.54. The van der Waals surface area contributed by atoms with Crippen LogP contribution in [0.25, 0.3) is 0 Å². The fourth-order valence-corrected chi connectivity index (χ4v) is 1.92. The maximum Gasteiger partial charge on any atom is 0.418 e. The zero-order chi connectivity index (χ0) is 17.1. The predicted octanol–water partition coefficient (Wildman–Crippen LogP) is 2.10. The van der Waals surface area contributed by atoms with Gasteiger partial charge in [0.05, 0.1) is 6.61 Å². The Morgan fingerprint density at radius 3 is 2.48 bits per heavy atom. The summed E-state index contributed by atoms with van der Waals surface area (Å²) in [5, 5.41) is 2.50. The summed E-state index contributed by atoms with van der Waals surface area (Å²) in [7, 11) is 0. The lowest BCUT2D eigenvalue weighted by Gasteiger charge is -2.19. The van der Waals surface area contributed by atoms with Crippen molar-refractivity contribution in [2.45, 2.75) is 26.7 Å². The van der Waals surface area contributed by atoms with Crippen LogP contribution in [0.1, 0.15) is 25.8 Å². The minimum atomic E-state index is -0.723. The van der Waals surface area contributed by atoms with Gasteiger partial charge in [-0.3, -0.25) is 0 Å². The molecule has 7 heteroatoms. The summed E-state index contributed by atoms with van der Waals surface area (Å²) < 4.78 is 10.2. The van der Waals surface area contributed by atoms with Gasteiger partial charge >= 0.3 is 12.1 Å². The molecule has 0 bridgehead atoms. The molecule has 0 heterocycles. The monoisotopic (exact) mass is 323 g/mol. The van der Waals surface area contributed by atoms with E-state index in [2.05, 4.69) is 12.2 Å². The van der Waals surface area contributed by atoms with Crippen molar-refractivity contribution in [2.24, 2.45) is 5.73 Å². The number of benzene rings is 1. The van der Waals surface area contributed by atoms with Crippen LogP contribution in [0.3, 0.4) is 0 Å². The molecule has 1 aromatic rings. The Bertz CT molecular complexity index is 491. The SMILES string of the molecule is CCCc1ccc(OCNC(=O)N(CCN)C(=O)OCC)cc1. The summed E-state index contributed by atoms with van der Waals surface area (Å²) in [6, 6.07) is 7.07. The van der Waals surface area contributed by atoms with Crippen molar-refractivity contribution in [1.29, 1.82) is 0 Å². The third-order valence-corrected chi connectivity index (χ3v) is 3.01. The van der Waals surface area contributed by atoms with Gasteiger partial charge in [0.15, 0.2) is 6.73 Å². The van der Waals surface area contributed by atoms with Crippen LogP contribution in [0.4, 0.5) is 9.59 Å². The highest BCUT2D eigenvalue weighted by Crippen LogP contribution is 2.12. The Balaban J connectivity index is 2.45. The van der Waals surface area contributed by atoms with Gasteiger partial charge < -0.3 is 20.5 Å². The second-order valence-electron chi connectivity index (χ2n) is 4.80. The van der Waals surface area contributed by atoms with E-state index in [0.717, 1.165) is 17.7 Å². The van der Waals surface area contributed by atoms with E-state index in [9.17, 15) is 9.59 Å². The molecule has 23 heavy (non-hydrogen) atoms. The lowest BCUT2D eigenvalue weighted by Crippen LogP contribution is -2.47. The minimum absolute atomic E-state index is 0.0492. The van der Waals surface area contributed by atoms with Crippen molar-refractivity contribution in [2.75, 3.05) is 26.4 Å². The third kappa shape index (κ3) is 6.56. The number of nitrogens with two attached hydrogens (primary N) is 1. The molecule has 0 radical (unpaired) electrons. The van der Waals surface area contributed by atoms with Gasteiger partial charge in [-0.05, 0) is 31.0 Å². The van der Waals surface area contributed by atoms with Gasteiger partial charge in [-0.2, -0.15) is 0 Å². The first-order valence-corrected chi connectivity index (χ1v) is 7.76. The standard InChI is InChI=1S/C16H25N3O4/c1-3-5-13-6-8-14(9-7-13)23-12-18-15(20)19(11-10-17)16(21)22-4-2/h6-9H,3-5,10-12,17H2,1-2H3,(H,18,20). The van der Waals surface area contributed by atoms with Gasteiger partial charge in [0.2, 0.25) is 0 Å². The summed E-state index contributed by atoms with van der Waals surface area (Å²) in [6.45, 7) is 4.17. The fraction of sp³-hybridized carbons (Fsp3) is 0.500. The van der Waals surface area contributed by atoms with Gasteiger partial charge in [-0.15, -0.1) is 0 Å². The number of aryl methyl sites for hydroxylation is 1. The molecule has 1 aromatic carbocycles. The van der Waals surface area contributed by atoms with Crippen molar-refractivity contribution in [1.82, 2.24) is 10.2 Å². The summed E-state index contributed by atoms with van der Waals surface area (Å²) in [6.07, 6.45) is 1.38. The summed E-state index contributed by atoms with van der Waals surface area (Å²) in [5.41, 5.74) is 6.64. The van der Waals surface area contributed by atoms with E-state index in [4.69, 9.17) is 15.2 Å². The maximum absolute atomic E-state index is 12.0. The lowest BCUT2D eigenvalue weighted by atomic mass is 10.1. The molecule has 0 aromatic heterocycles. The molecule has 3 amide bonds. The van der Waals surface area contributed by atoms with E-state index in [1.807, 2.05) is 24.3 Å². The highest BCUT2D eigenvalue weighted by Gasteiger charge is 2.21. The first-order valence-electron chi connectivity index (χ1n) is 7.76. The Kier molecular flexibility index (Phi) is 8.52. The summed E-state index contributed by atoms with van der Waals surface area (Å²) in [4.78, 5) is 24.5. The molecule has 0 atom stereocenters. The Labute approximate surface area is 136 Å². The molecular weight excluding hydrogens is 298 g/mol. The summed E-state index contributed by atoms with van der Waals surface area (Å²) in [5.74, 6) is 0.645. The number of hydrogen-bond acceptors (Lipinski definition) is 5. The number of rotatable bonds is 8. The molecule has 0 spiro atoms. The number of urea groups is 1. The van der Waals surface area contributed by atoms with Crippen molar-refractivity contribution in [3.05, 3.63) is 29.8 Å². The number of carbonyl (C=O) groups is 2. The fourth-order valence-electron chi connectivity index (χ4n) is 1.92.